The predicted octanol–water partition coefficient (Wildman–Crippen LogP) is -0.0187. The Kier molecular flexibility index (Phi) is 5.75. The lowest BCUT2D eigenvalue weighted by atomic mass is 9.74. The highest BCUT2D eigenvalue weighted by Gasteiger charge is 2.38. The van der Waals surface area contributed by atoms with E-state index in [0.29, 0.717) is 18.8 Å². The molecule has 1 rings (SSSR count). The van der Waals surface area contributed by atoms with Gasteiger partial charge in [0.05, 0.1) is 30.6 Å². The number of hydrogen-bond acceptors (Lipinski definition) is 4. The molecule has 1 amide bonds. The standard InChI is InChI=1S/C13H23NO5/c1-7-3-4-9(10(5-7)13(18)19)12(17)14-11(6-15)8(2)16/h7-11,15-16H,3-6H2,1-2H3,(H,14,17)(H,18,19)/t7?,8-,9?,10?,11-/m0/s1. The summed E-state index contributed by atoms with van der Waals surface area (Å²) < 4.78 is 0. The number of carbonyl (C=O) groups excluding carboxylic acids is 1. The van der Waals surface area contributed by atoms with Crippen LogP contribution in [0.1, 0.15) is 33.1 Å². The van der Waals surface area contributed by atoms with E-state index in [2.05, 4.69) is 5.32 Å². The van der Waals surface area contributed by atoms with Crippen LogP contribution in [0.3, 0.4) is 0 Å². The maximum absolute atomic E-state index is 12.1. The maximum Gasteiger partial charge on any atom is 0.307 e. The van der Waals surface area contributed by atoms with Crippen molar-refractivity contribution >= 4 is 11.9 Å². The molecule has 0 aromatic carbocycles. The summed E-state index contributed by atoms with van der Waals surface area (Å²) in [4.78, 5) is 23.3. The fourth-order valence-corrected chi connectivity index (χ4v) is 2.58. The van der Waals surface area contributed by atoms with Crippen LogP contribution in [0, 0.1) is 17.8 Å². The van der Waals surface area contributed by atoms with Gasteiger partial charge in [0.25, 0.3) is 0 Å². The molecule has 0 radical (unpaired) electrons. The molecule has 5 atom stereocenters. The molecule has 1 aliphatic rings. The highest BCUT2D eigenvalue weighted by molar-refractivity contribution is 5.85. The zero-order valence-corrected chi connectivity index (χ0v) is 11.4. The minimum absolute atomic E-state index is 0.301. The van der Waals surface area contributed by atoms with E-state index in [9.17, 15) is 19.8 Å². The fraction of sp³-hybridized carbons (Fsp3) is 0.846. The lowest BCUT2D eigenvalue weighted by molar-refractivity contribution is -0.150. The number of aliphatic hydroxyl groups is 2. The quantitative estimate of drug-likeness (QED) is 0.563. The minimum Gasteiger partial charge on any atom is -0.481 e. The Morgan fingerprint density at radius 1 is 1.32 bits per heavy atom. The van der Waals surface area contributed by atoms with E-state index in [-0.39, 0.29) is 12.5 Å². The van der Waals surface area contributed by atoms with Gasteiger partial charge in [0, 0.05) is 0 Å². The van der Waals surface area contributed by atoms with Crippen molar-refractivity contribution in [3.05, 3.63) is 0 Å². The number of aliphatic carboxylic acids is 1. The van der Waals surface area contributed by atoms with Crippen molar-refractivity contribution in [2.75, 3.05) is 6.61 Å². The van der Waals surface area contributed by atoms with Crippen molar-refractivity contribution < 1.29 is 24.9 Å². The van der Waals surface area contributed by atoms with Crippen LogP contribution in [-0.2, 0) is 9.59 Å². The molecule has 0 saturated heterocycles. The van der Waals surface area contributed by atoms with E-state index in [1.807, 2.05) is 6.92 Å². The molecule has 0 heterocycles. The third kappa shape index (κ3) is 4.18. The second-order valence-electron chi connectivity index (χ2n) is 5.51. The van der Waals surface area contributed by atoms with Crippen molar-refractivity contribution in [2.45, 2.75) is 45.3 Å². The Labute approximate surface area is 112 Å². The second kappa shape index (κ2) is 6.86. The minimum atomic E-state index is -0.954. The van der Waals surface area contributed by atoms with Crippen molar-refractivity contribution in [1.82, 2.24) is 5.32 Å². The first-order valence-electron chi connectivity index (χ1n) is 6.68. The van der Waals surface area contributed by atoms with Gasteiger partial charge in [-0.25, -0.2) is 0 Å². The molecular weight excluding hydrogens is 250 g/mol. The first-order valence-corrected chi connectivity index (χ1v) is 6.68. The van der Waals surface area contributed by atoms with Gasteiger partial charge in [-0.1, -0.05) is 6.92 Å². The van der Waals surface area contributed by atoms with E-state index in [4.69, 9.17) is 5.11 Å². The van der Waals surface area contributed by atoms with Crippen molar-refractivity contribution in [3.63, 3.8) is 0 Å². The third-order valence-corrected chi connectivity index (χ3v) is 3.87. The first-order chi connectivity index (χ1) is 8.86. The number of rotatable bonds is 5. The summed E-state index contributed by atoms with van der Waals surface area (Å²) in [6.07, 6.45) is 0.966. The van der Waals surface area contributed by atoms with E-state index in [1.165, 1.54) is 6.92 Å². The lowest BCUT2D eigenvalue weighted by Gasteiger charge is -2.32. The molecule has 0 aromatic heterocycles. The summed E-state index contributed by atoms with van der Waals surface area (Å²) in [6.45, 7) is 3.08. The second-order valence-corrected chi connectivity index (χ2v) is 5.51. The smallest absolute Gasteiger partial charge is 0.307 e. The van der Waals surface area contributed by atoms with Crippen LogP contribution < -0.4 is 5.32 Å². The van der Waals surface area contributed by atoms with Gasteiger partial charge in [0.2, 0.25) is 5.91 Å². The van der Waals surface area contributed by atoms with E-state index in [0.717, 1.165) is 6.42 Å². The largest absolute Gasteiger partial charge is 0.481 e. The van der Waals surface area contributed by atoms with Crippen LogP contribution in [0.4, 0.5) is 0 Å². The number of nitrogens with one attached hydrogen (secondary N) is 1. The zero-order valence-electron chi connectivity index (χ0n) is 11.4. The molecule has 0 spiro atoms. The van der Waals surface area contributed by atoms with Crippen LogP contribution >= 0.6 is 0 Å². The van der Waals surface area contributed by atoms with Crippen LogP contribution in [0.15, 0.2) is 0 Å². The SMILES string of the molecule is CC1CCC(C(=O)N[C@@H](CO)[C@H](C)O)C(C(=O)O)C1. The van der Waals surface area contributed by atoms with Gasteiger partial charge in [-0.05, 0) is 32.1 Å². The number of aliphatic hydroxyl groups excluding tert-OH is 2. The summed E-state index contributed by atoms with van der Waals surface area (Å²) in [5.41, 5.74) is 0. The normalized spacial score (nSPS) is 30.4. The van der Waals surface area contributed by atoms with Crippen molar-refractivity contribution in [3.8, 4) is 0 Å². The first kappa shape index (κ1) is 15.9. The van der Waals surface area contributed by atoms with Crippen molar-refractivity contribution in [1.29, 1.82) is 0 Å². The van der Waals surface area contributed by atoms with Crippen LogP contribution in [0.2, 0.25) is 0 Å². The van der Waals surface area contributed by atoms with E-state index < -0.39 is 30.0 Å². The highest BCUT2D eigenvalue weighted by atomic mass is 16.4. The number of amides is 1. The molecule has 0 aromatic rings. The molecule has 0 bridgehead atoms. The summed E-state index contributed by atoms with van der Waals surface area (Å²) in [6, 6.07) is -0.749. The Hall–Kier alpha value is -1.14. The molecule has 6 nitrogen and oxygen atoms in total. The van der Waals surface area contributed by atoms with Gasteiger partial charge in [-0.15, -0.1) is 0 Å². The maximum atomic E-state index is 12.1. The fourth-order valence-electron chi connectivity index (χ4n) is 2.58. The zero-order chi connectivity index (χ0) is 14.6. The Bertz CT molecular complexity index is 331. The molecule has 6 heteroatoms. The summed E-state index contributed by atoms with van der Waals surface area (Å²) >= 11 is 0. The average Bonchev–Trinajstić information content (AvgIpc) is 2.34. The van der Waals surface area contributed by atoms with Crippen LogP contribution in [0.5, 0.6) is 0 Å². The number of hydrogen-bond donors (Lipinski definition) is 4. The van der Waals surface area contributed by atoms with Crippen LogP contribution in [-0.4, -0.2) is 45.9 Å². The summed E-state index contributed by atoms with van der Waals surface area (Å²) in [5, 5.41) is 30.2. The molecule has 1 aliphatic carbocycles. The predicted molar refractivity (Wildman–Crippen MR) is 68.3 cm³/mol. The lowest BCUT2D eigenvalue weighted by Crippen LogP contribution is -2.49. The van der Waals surface area contributed by atoms with Crippen molar-refractivity contribution in [2.24, 2.45) is 17.8 Å². The van der Waals surface area contributed by atoms with Gasteiger partial charge in [0.15, 0.2) is 0 Å². The molecule has 4 N–H and O–H groups in total. The van der Waals surface area contributed by atoms with Gasteiger partial charge in [-0.3, -0.25) is 9.59 Å². The highest BCUT2D eigenvalue weighted by Crippen LogP contribution is 2.34. The number of carboxylic acid groups (broad SMARTS) is 1. The molecule has 0 aliphatic heterocycles. The topological polar surface area (TPSA) is 107 Å². The molecule has 19 heavy (non-hydrogen) atoms. The van der Waals surface area contributed by atoms with Gasteiger partial charge in [-0.2, -0.15) is 0 Å². The van der Waals surface area contributed by atoms with Crippen LogP contribution in [0.25, 0.3) is 0 Å². The Morgan fingerprint density at radius 3 is 2.42 bits per heavy atom. The molecule has 3 unspecified atom stereocenters. The van der Waals surface area contributed by atoms with E-state index in [1.54, 1.807) is 0 Å². The monoisotopic (exact) mass is 273 g/mol. The van der Waals surface area contributed by atoms with Gasteiger partial charge >= 0.3 is 5.97 Å². The number of carboxylic acids is 1. The average molecular weight is 273 g/mol. The van der Waals surface area contributed by atoms with Gasteiger partial charge < -0.3 is 20.6 Å². The molecule has 1 fully saturated rings. The molecule has 110 valence electrons. The molecule has 1 saturated carbocycles. The van der Waals surface area contributed by atoms with Gasteiger partial charge in [0.1, 0.15) is 0 Å². The number of carbonyl (C=O) groups is 2. The Balaban J connectivity index is 2.70. The Morgan fingerprint density at radius 2 is 1.95 bits per heavy atom. The summed E-state index contributed by atoms with van der Waals surface area (Å²) in [5.74, 6) is -2.31. The third-order valence-electron chi connectivity index (χ3n) is 3.87. The van der Waals surface area contributed by atoms with E-state index >= 15 is 0 Å². The molecular formula is C13H23NO5. The summed E-state index contributed by atoms with van der Waals surface area (Å²) in [7, 11) is 0.